The molecule has 0 heterocycles. The van der Waals surface area contributed by atoms with Gasteiger partial charge in [-0.25, -0.2) is 4.39 Å². The summed E-state index contributed by atoms with van der Waals surface area (Å²) in [5.41, 5.74) is 1.14. The summed E-state index contributed by atoms with van der Waals surface area (Å²) in [7, 11) is 0. The van der Waals surface area contributed by atoms with Gasteiger partial charge in [0.25, 0.3) is 0 Å². The number of hydrogen-bond donors (Lipinski definition) is 1. The van der Waals surface area contributed by atoms with Crippen molar-refractivity contribution in [1.29, 1.82) is 0 Å². The van der Waals surface area contributed by atoms with Gasteiger partial charge in [0, 0.05) is 12.6 Å². The lowest BCUT2D eigenvalue weighted by molar-refractivity contribution is 0.277. The third kappa shape index (κ3) is 4.57. The van der Waals surface area contributed by atoms with E-state index in [1.807, 2.05) is 12.1 Å². The first-order valence-corrected chi connectivity index (χ1v) is 8.15. The molecule has 1 aliphatic carbocycles. The van der Waals surface area contributed by atoms with Gasteiger partial charge in [-0.1, -0.05) is 25.8 Å². The van der Waals surface area contributed by atoms with E-state index in [-0.39, 0.29) is 5.82 Å². The van der Waals surface area contributed by atoms with Gasteiger partial charge in [0.2, 0.25) is 0 Å². The molecule has 1 nitrogen and oxygen atoms in total. The highest BCUT2D eigenvalue weighted by atomic mass is 79.9. The lowest BCUT2D eigenvalue weighted by Gasteiger charge is -2.29. The summed E-state index contributed by atoms with van der Waals surface area (Å²) in [6, 6.07) is 5.89. The molecule has 0 radical (unpaired) electrons. The summed E-state index contributed by atoms with van der Waals surface area (Å²) in [5.74, 6) is 0.756. The molecular formula is C16H23BrFN. The third-order valence-electron chi connectivity index (χ3n) is 4.12. The van der Waals surface area contributed by atoms with Crippen molar-refractivity contribution in [3.8, 4) is 0 Å². The zero-order valence-corrected chi connectivity index (χ0v) is 13.2. The number of rotatable bonds is 5. The van der Waals surface area contributed by atoms with Gasteiger partial charge in [-0.15, -0.1) is 0 Å². The average molecular weight is 328 g/mol. The minimum absolute atomic E-state index is 0.191. The Labute approximate surface area is 124 Å². The van der Waals surface area contributed by atoms with Crippen LogP contribution in [-0.4, -0.2) is 6.04 Å². The highest BCUT2D eigenvalue weighted by Gasteiger charge is 2.19. The van der Waals surface area contributed by atoms with Crippen LogP contribution < -0.4 is 5.32 Å². The van der Waals surface area contributed by atoms with E-state index in [1.54, 1.807) is 0 Å². The largest absolute Gasteiger partial charge is 0.310 e. The maximum atomic E-state index is 13.1. The summed E-state index contributed by atoms with van der Waals surface area (Å²) in [5, 5.41) is 3.60. The van der Waals surface area contributed by atoms with E-state index in [0.29, 0.717) is 10.5 Å². The second-order valence-corrected chi connectivity index (χ2v) is 6.49. The lowest BCUT2D eigenvalue weighted by Crippen LogP contribution is -2.32. The van der Waals surface area contributed by atoms with Crippen LogP contribution in [0.5, 0.6) is 0 Å². The first kappa shape index (κ1) is 15.0. The zero-order valence-electron chi connectivity index (χ0n) is 11.6. The molecular weight excluding hydrogens is 305 g/mol. The standard InChI is InChI=1S/C16H23BrFN/c1-2-3-12-4-7-14(8-5-12)19-11-13-6-9-16(18)15(17)10-13/h6,9-10,12,14,19H,2-5,7-8,11H2,1H3. The molecule has 1 saturated carbocycles. The molecule has 3 heteroatoms. The Morgan fingerprint density at radius 2 is 2.00 bits per heavy atom. The molecule has 2 rings (SSSR count). The van der Waals surface area contributed by atoms with E-state index >= 15 is 0 Å². The predicted octanol–water partition coefficient (Wildman–Crippen LogP) is 5.04. The number of nitrogens with one attached hydrogen (secondary N) is 1. The number of benzene rings is 1. The molecule has 0 bridgehead atoms. The summed E-state index contributed by atoms with van der Waals surface area (Å²) in [6.07, 6.45) is 7.99. The Bertz CT molecular complexity index is 400. The van der Waals surface area contributed by atoms with Crippen molar-refractivity contribution < 1.29 is 4.39 Å². The Morgan fingerprint density at radius 1 is 1.26 bits per heavy atom. The molecule has 19 heavy (non-hydrogen) atoms. The number of hydrogen-bond acceptors (Lipinski definition) is 1. The van der Waals surface area contributed by atoms with Crippen molar-refractivity contribution in [2.24, 2.45) is 5.92 Å². The van der Waals surface area contributed by atoms with Crippen LogP contribution in [0.3, 0.4) is 0 Å². The molecule has 1 aromatic carbocycles. The first-order chi connectivity index (χ1) is 9.19. The van der Waals surface area contributed by atoms with E-state index in [2.05, 4.69) is 28.2 Å². The van der Waals surface area contributed by atoms with Crippen LogP contribution in [0, 0.1) is 11.7 Å². The van der Waals surface area contributed by atoms with Gasteiger partial charge < -0.3 is 5.32 Å². The van der Waals surface area contributed by atoms with Crippen molar-refractivity contribution in [2.45, 2.75) is 58.0 Å². The summed E-state index contributed by atoms with van der Waals surface area (Å²) < 4.78 is 13.7. The van der Waals surface area contributed by atoms with Crippen molar-refractivity contribution in [1.82, 2.24) is 5.32 Å². The van der Waals surface area contributed by atoms with Crippen LogP contribution in [0.1, 0.15) is 51.0 Å². The summed E-state index contributed by atoms with van der Waals surface area (Å²) in [4.78, 5) is 0. The molecule has 1 aliphatic rings. The molecule has 1 fully saturated rings. The molecule has 0 aliphatic heterocycles. The van der Waals surface area contributed by atoms with Crippen LogP contribution >= 0.6 is 15.9 Å². The fourth-order valence-electron chi connectivity index (χ4n) is 2.98. The highest BCUT2D eigenvalue weighted by Crippen LogP contribution is 2.28. The van der Waals surface area contributed by atoms with Gasteiger partial charge in [0.05, 0.1) is 4.47 Å². The normalized spacial score (nSPS) is 23.5. The maximum Gasteiger partial charge on any atom is 0.137 e. The van der Waals surface area contributed by atoms with Crippen molar-refractivity contribution in [2.75, 3.05) is 0 Å². The van der Waals surface area contributed by atoms with Gasteiger partial charge in [-0.05, 0) is 65.2 Å². The quantitative estimate of drug-likeness (QED) is 0.799. The lowest BCUT2D eigenvalue weighted by atomic mass is 9.83. The zero-order chi connectivity index (χ0) is 13.7. The Kier molecular flexibility index (Phi) is 5.83. The molecule has 0 saturated heterocycles. The second kappa shape index (κ2) is 7.39. The van der Waals surface area contributed by atoms with E-state index in [1.165, 1.54) is 44.6 Å². The van der Waals surface area contributed by atoms with Crippen LogP contribution in [0.25, 0.3) is 0 Å². The van der Waals surface area contributed by atoms with E-state index in [0.717, 1.165) is 18.0 Å². The molecule has 106 valence electrons. The van der Waals surface area contributed by atoms with Gasteiger partial charge in [-0.3, -0.25) is 0 Å². The second-order valence-electron chi connectivity index (χ2n) is 5.64. The molecule has 0 atom stereocenters. The fraction of sp³-hybridized carbons (Fsp3) is 0.625. The maximum absolute atomic E-state index is 13.1. The Hall–Kier alpha value is -0.410. The molecule has 1 N–H and O–H groups in total. The van der Waals surface area contributed by atoms with E-state index in [4.69, 9.17) is 0 Å². The van der Waals surface area contributed by atoms with E-state index in [9.17, 15) is 4.39 Å². The van der Waals surface area contributed by atoms with Gasteiger partial charge in [-0.2, -0.15) is 0 Å². The topological polar surface area (TPSA) is 12.0 Å². The molecule has 0 aromatic heterocycles. The molecule has 0 amide bonds. The molecule has 0 spiro atoms. The summed E-state index contributed by atoms with van der Waals surface area (Å²) >= 11 is 3.23. The number of halogens is 2. The molecule has 1 aromatic rings. The monoisotopic (exact) mass is 327 g/mol. The first-order valence-electron chi connectivity index (χ1n) is 7.36. The van der Waals surface area contributed by atoms with Gasteiger partial charge in [0.15, 0.2) is 0 Å². The van der Waals surface area contributed by atoms with Crippen LogP contribution in [0.2, 0.25) is 0 Å². The van der Waals surface area contributed by atoms with Crippen LogP contribution in [0.4, 0.5) is 4.39 Å². The van der Waals surface area contributed by atoms with Crippen molar-refractivity contribution in [3.63, 3.8) is 0 Å². The predicted molar refractivity (Wildman–Crippen MR) is 81.6 cm³/mol. The minimum Gasteiger partial charge on any atom is -0.310 e. The Balaban J connectivity index is 1.75. The van der Waals surface area contributed by atoms with Gasteiger partial charge in [0.1, 0.15) is 5.82 Å². The third-order valence-corrected chi connectivity index (χ3v) is 4.73. The summed E-state index contributed by atoms with van der Waals surface area (Å²) in [6.45, 7) is 3.11. The smallest absolute Gasteiger partial charge is 0.137 e. The average Bonchev–Trinajstić information content (AvgIpc) is 2.42. The SMILES string of the molecule is CCCC1CCC(NCc2ccc(F)c(Br)c2)CC1. The van der Waals surface area contributed by atoms with Crippen LogP contribution in [0.15, 0.2) is 22.7 Å². The minimum atomic E-state index is -0.191. The van der Waals surface area contributed by atoms with Gasteiger partial charge >= 0.3 is 0 Å². The molecule has 0 unspecified atom stereocenters. The van der Waals surface area contributed by atoms with E-state index < -0.39 is 0 Å². The van der Waals surface area contributed by atoms with Crippen LogP contribution in [-0.2, 0) is 6.54 Å². The Morgan fingerprint density at radius 3 is 2.63 bits per heavy atom. The highest BCUT2D eigenvalue weighted by molar-refractivity contribution is 9.10. The van der Waals surface area contributed by atoms with Crippen molar-refractivity contribution in [3.05, 3.63) is 34.1 Å². The fourth-order valence-corrected chi connectivity index (χ4v) is 3.40. The van der Waals surface area contributed by atoms with Crippen molar-refractivity contribution >= 4 is 15.9 Å².